The third kappa shape index (κ3) is 4.78. The van der Waals surface area contributed by atoms with Crippen LogP contribution in [-0.4, -0.2) is 0 Å². The first-order chi connectivity index (χ1) is 12.2. The molecule has 0 heterocycles. The first-order valence-electron chi connectivity index (χ1n) is 9.69. The Kier molecular flexibility index (Phi) is 8.30. The van der Waals surface area contributed by atoms with Crippen molar-refractivity contribution in [2.24, 2.45) is 0 Å². The van der Waals surface area contributed by atoms with E-state index in [1.54, 1.807) is 0 Å². The number of benzene rings is 2. The van der Waals surface area contributed by atoms with Gasteiger partial charge >= 0.3 is 0 Å². The molecule has 3 aromatic carbocycles. The van der Waals surface area contributed by atoms with Crippen molar-refractivity contribution in [3.05, 3.63) is 71.3 Å². The van der Waals surface area contributed by atoms with Gasteiger partial charge in [-0.15, -0.1) is 33.7 Å². The first kappa shape index (κ1) is 26.3. The molecule has 0 bridgehead atoms. The van der Waals surface area contributed by atoms with Gasteiger partial charge in [-0.3, -0.25) is 0 Å². The van der Waals surface area contributed by atoms with Gasteiger partial charge in [0.05, 0.1) is 0 Å². The van der Waals surface area contributed by atoms with Crippen LogP contribution in [0.2, 0.25) is 0 Å². The van der Waals surface area contributed by atoms with Gasteiger partial charge in [0.1, 0.15) is 0 Å². The summed E-state index contributed by atoms with van der Waals surface area (Å²) in [4.78, 5) is 0. The van der Waals surface area contributed by atoms with Gasteiger partial charge in [-0.1, -0.05) is 106 Å². The van der Waals surface area contributed by atoms with Crippen molar-refractivity contribution in [2.75, 3.05) is 0 Å². The van der Waals surface area contributed by atoms with Gasteiger partial charge < -0.3 is 24.8 Å². The zero-order valence-corrected chi connectivity index (χ0v) is 23.3. The zero-order chi connectivity index (χ0) is 18.7. The van der Waals surface area contributed by atoms with Crippen LogP contribution in [-0.2, 0) is 36.7 Å². The van der Waals surface area contributed by atoms with Crippen molar-refractivity contribution in [3.8, 4) is 0 Å². The summed E-state index contributed by atoms with van der Waals surface area (Å²) in [5.41, 5.74) is 6.06. The van der Waals surface area contributed by atoms with Gasteiger partial charge in [-0.05, 0) is 17.3 Å². The maximum atomic E-state index is 2.42. The fourth-order valence-corrected chi connectivity index (χ4v) is 4.16. The monoisotopic (exact) mass is 591 g/mol. The average Bonchev–Trinajstić information content (AvgIpc) is 3.18. The Morgan fingerprint density at radius 2 is 1.48 bits per heavy atom. The zero-order valence-electron chi connectivity index (χ0n) is 18.2. The fourth-order valence-electron chi connectivity index (χ4n) is 4.16. The molecule has 0 atom stereocenters. The maximum Gasteiger partial charge on any atom is 0 e. The largest absolute Gasteiger partial charge is 1.00 e. The molecule has 0 amide bonds. The van der Waals surface area contributed by atoms with Crippen molar-refractivity contribution >= 4 is 27.1 Å². The average molecular weight is 591 g/mol. The molecule has 29 heavy (non-hydrogen) atoms. The SMILES string of the molecule is CC(C)(C)c1ccc2c(c1)[cH-]c1c(C3=CC=CC3)c(C(C)(C)C)ccc12.[Cl-].[Cl-].[Hf]. The van der Waals surface area contributed by atoms with E-state index in [1.165, 1.54) is 43.8 Å². The second-order valence-corrected chi connectivity index (χ2v) is 9.72. The molecule has 0 aliphatic heterocycles. The minimum Gasteiger partial charge on any atom is -1.00 e. The Labute approximate surface area is 206 Å². The third-order valence-corrected chi connectivity index (χ3v) is 5.65. The van der Waals surface area contributed by atoms with Crippen LogP contribution in [0.3, 0.4) is 0 Å². The Balaban J connectivity index is 0.00000140. The molecule has 0 saturated carbocycles. The standard InChI is InChI=1S/C26H29.2ClH.Hf/c1-25(2,3)19-11-12-20-18(15-19)16-22-21(20)13-14-23(26(4,5)6)24(22)17-9-7-8-10-17;;;/h7-9,11-16H,10H2,1-6H3;2*1H;/q-1;;;/p-2. The van der Waals surface area contributed by atoms with Gasteiger partial charge in [0.2, 0.25) is 0 Å². The predicted octanol–water partition coefficient (Wildman–Crippen LogP) is 1.66. The molecule has 0 N–H and O–H groups in total. The Hall–Kier alpha value is -0.760. The van der Waals surface area contributed by atoms with E-state index in [-0.39, 0.29) is 61.5 Å². The van der Waals surface area contributed by atoms with E-state index in [0.29, 0.717) is 0 Å². The molecule has 3 heteroatoms. The molecule has 0 saturated heterocycles. The number of rotatable bonds is 1. The van der Waals surface area contributed by atoms with E-state index >= 15 is 0 Å². The molecule has 0 aromatic heterocycles. The summed E-state index contributed by atoms with van der Waals surface area (Å²) in [6.07, 6.45) is 7.79. The molecule has 1 aliphatic rings. The van der Waals surface area contributed by atoms with Crippen LogP contribution in [0.5, 0.6) is 0 Å². The molecular formula is C26H29Cl2Hf-3. The minimum absolute atomic E-state index is 0. The summed E-state index contributed by atoms with van der Waals surface area (Å²) >= 11 is 0. The molecule has 4 rings (SSSR count). The van der Waals surface area contributed by atoms with Gasteiger partial charge in [-0.25, -0.2) is 0 Å². The summed E-state index contributed by atoms with van der Waals surface area (Å²) in [6.45, 7) is 13.8. The second kappa shape index (κ2) is 9.16. The van der Waals surface area contributed by atoms with Gasteiger partial charge in [0.25, 0.3) is 0 Å². The van der Waals surface area contributed by atoms with Gasteiger partial charge in [0, 0.05) is 25.8 Å². The normalized spacial score (nSPS) is 13.7. The van der Waals surface area contributed by atoms with Crippen molar-refractivity contribution in [2.45, 2.75) is 58.8 Å². The van der Waals surface area contributed by atoms with E-state index in [4.69, 9.17) is 0 Å². The number of hydrogen-bond donors (Lipinski definition) is 0. The van der Waals surface area contributed by atoms with E-state index in [9.17, 15) is 0 Å². The molecule has 0 unspecified atom stereocenters. The minimum atomic E-state index is 0. The van der Waals surface area contributed by atoms with Crippen molar-refractivity contribution in [1.29, 1.82) is 0 Å². The number of halogens is 2. The fraction of sp³-hybridized carbons (Fsp3) is 0.346. The number of hydrogen-bond acceptors (Lipinski definition) is 0. The topological polar surface area (TPSA) is 0 Å². The molecule has 154 valence electrons. The van der Waals surface area contributed by atoms with E-state index in [1.807, 2.05) is 0 Å². The third-order valence-electron chi connectivity index (χ3n) is 5.65. The van der Waals surface area contributed by atoms with Crippen LogP contribution in [0, 0.1) is 0 Å². The van der Waals surface area contributed by atoms with Crippen molar-refractivity contribution in [3.63, 3.8) is 0 Å². The Bertz CT molecular complexity index is 1070. The predicted molar refractivity (Wildman–Crippen MR) is 116 cm³/mol. The summed E-state index contributed by atoms with van der Waals surface area (Å²) in [7, 11) is 0. The van der Waals surface area contributed by atoms with Gasteiger partial charge in [0.15, 0.2) is 0 Å². The van der Waals surface area contributed by atoms with Gasteiger partial charge in [-0.2, -0.15) is 0 Å². The van der Waals surface area contributed by atoms with E-state index in [0.717, 1.165) is 6.42 Å². The smallest absolute Gasteiger partial charge is 0 e. The summed E-state index contributed by atoms with van der Waals surface area (Å²) in [6, 6.07) is 14.1. The Morgan fingerprint density at radius 1 is 0.828 bits per heavy atom. The molecule has 0 nitrogen and oxygen atoms in total. The summed E-state index contributed by atoms with van der Waals surface area (Å²) in [5, 5.41) is 5.54. The quantitative estimate of drug-likeness (QED) is 0.299. The maximum absolute atomic E-state index is 2.42. The van der Waals surface area contributed by atoms with E-state index in [2.05, 4.69) is 96.2 Å². The molecule has 0 fully saturated rings. The molecule has 3 aromatic rings. The molecule has 0 spiro atoms. The number of allylic oxidation sites excluding steroid dienone is 4. The van der Waals surface area contributed by atoms with Crippen LogP contribution in [0.15, 0.2) is 54.6 Å². The van der Waals surface area contributed by atoms with Crippen LogP contribution in [0.25, 0.3) is 27.1 Å². The second-order valence-electron chi connectivity index (χ2n) is 9.72. The van der Waals surface area contributed by atoms with Crippen LogP contribution < -0.4 is 24.8 Å². The summed E-state index contributed by atoms with van der Waals surface area (Å²) < 4.78 is 0. The van der Waals surface area contributed by atoms with Crippen molar-refractivity contribution in [1.82, 2.24) is 0 Å². The van der Waals surface area contributed by atoms with Crippen LogP contribution in [0.4, 0.5) is 0 Å². The first-order valence-corrected chi connectivity index (χ1v) is 9.69. The molecule has 0 radical (unpaired) electrons. The molecule has 1 aliphatic carbocycles. The number of fused-ring (bicyclic) bond motifs is 3. The Morgan fingerprint density at radius 3 is 2.03 bits per heavy atom. The van der Waals surface area contributed by atoms with Crippen LogP contribution in [0.1, 0.15) is 64.7 Å². The van der Waals surface area contributed by atoms with E-state index < -0.39 is 0 Å². The van der Waals surface area contributed by atoms with Crippen molar-refractivity contribution < 1.29 is 50.7 Å². The summed E-state index contributed by atoms with van der Waals surface area (Å²) in [5.74, 6) is 0. The molecular weight excluding hydrogens is 562 g/mol. The van der Waals surface area contributed by atoms with Crippen LogP contribution >= 0.6 is 0 Å².